The molecule has 7 nitrogen and oxygen atoms in total. The number of benzene rings is 2. The number of rotatable bonds is 5. The molecule has 2 aromatic carbocycles. The van der Waals surface area contributed by atoms with Gasteiger partial charge in [0.1, 0.15) is 5.75 Å². The number of ether oxygens (including phenoxy) is 1. The molecule has 0 radical (unpaired) electrons. The van der Waals surface area contributed by atoms with Gasteiger partial charge in [0.2, 0.25) is 5.72 Å². The third-order valence-electron chi connectivity index (χ3n) is 5.88. The van der Waals surface area contributed by atoms with Crippen molar-refractivity contribution in [3.8, 4) is 5.75 Å². The van der Waals surface area contributed by atoms with E-state index in [9.17, 15) is 9.59 Å². The van der Waals surface area contributed by atoms with Crippen molar-refractivity contribution in [2.24, 2.45) is 0 Å². The van der Waals surface area contributed by atoms with Crippen molar-refractivity contribution in [3.63, 3.8) is 0 Å². The number of hydrogen-bond donors (Lipinski definition) is 0. The van der Waals surface area contributed by atoms with Crippen LogP contribution in [0.5, 0.6) is 5.75 Å². The van der Waals surface area contributed by atoms with E-state index in [4.69, 9.17) is 9.57 Å². The molecule has 2 fully saturated rings. The lowest BCUT2D eigenvalue weighted by Gasteiger charge is -2.34. The average Bonchev–Trinajstić information content (AvgIpc) is 3.25. The molecule has 2 aliphatic heterocycles. The van der Waals surface area contributed by atoms with Gasteiger partial charge in [-0.2, -0.15) is 5.06 Å². The third kappa shape index (κ3) is 3.38. The summed E-state index contributed by atoms with van der Waals surface area (Å²) in [7, 11) is 1.63. The highest BCUT2D eigenvalue weighted by atomic mass is 16.7. The van der Waals surface area contributed by atoms with E-state index >= 15 is 0 Å². The Bertz CT molecular complexity index is 978. The zero-order valence-corrected chi connectivity index (χ0v) is 18.6. The van der Waals surface area contributed by atoms with E-state index in [2.05, 4.69) is 0 Å². The molecule has 164 valence electrons. The first-order valence-electron chi connectivity index (χ1n) is 10.6. The van der Waals surface area contributed by atoms with E-state index < -0.39 is 5.72 Å². The lowest BCUT2D eigenvalue weighted by atomic mass is 9.95. The summed E-state index contributed by atoms with van der Waals surface area (Å²) < 4.78 is 5.40. The Labute approximate surface area is 183 Å². The molecule has 0 N–H and O–H groups in total. The Hall–Kier alpha value is -2.90. The van der Waals surface area contributed by atoms with Crippen LogP contribution in [-0.2, 0) is 9.63 Å². The predicted octanol–water partition coefficient (Wildman–Crippen LogP) is 4.36. The van der Waals surface area contributed by atoms with Crippen LogP contribution in [0.2, 0.25) is 0 Å². The van der Waals surface area contributed by atoms with Crippen LogP contribution in [0.25, 0.3) is 0 Å². The summed E-state index contributed by atoms with van der Waals surface area (Å²) in [5.74, 6) is 0.385. The zero-order chi connectivity index (χ0) is 22.3. The maximum Gasteiger partial charge on any atom is 0.334 e. The minimum absolute atomic E-state index is 0.00161. The first-order valence-corrected chi connectivity index (χ1v) is 10.6. The number of carbonyl (C=O) groups excluding carboxylic acids is 2. The molecule has 7 heteroatoms. The summed E-state index contributed by atoms with van der Waals surface area (Å²) >= 11 is 0. The van der Waals surface area contributed by atoms with E-state index in [1.807, 2.05) is 75.2 Å². The lowest BCUT2D eigenvalue weighted by Crippen LogP contribution is -2.53. The molecule has 0 bridgehead atoms. The number of hydroxylamine groups is 2. The van der Waals surface area contributed by atoms with Crippen molar-refractivity contribution in [1.82, 2.24) is 9.96 Å². The summed E-state index contributed by atoms with van der Waals surface area (Å²) in [6, 6.07) is 16.0. The first-order chi connectivity index (χ1) is 14.8. The van der Waals surface area contributed by atoms with E-state index in [-0.39, 0.29) is 30.1 Å². The number of imide groups is 1. The first kappa shape index (κ1) is 21.3. The third-order valence-corrected chi connectivity index (χ3v) is 5.88. The highest BCUT2D eigenvalue weighted by Gasteiger charge is 2.66. The zero-order valence-electron chi connectivity index (χ0n) is 18.6. The topological polar surface area (TPSA) is 62.3 Å². The van der Waals surface area contributed by atoms with Gasteiger partial charge in [0, 0.05) is 18.5 Å². The second kappa shape index (κ2) is 7.98. The number of hydrogen-bond acceptors (Lipinski definition) is 5. The normalized spacial score (nSPS) is 24.3. The molecule has 2 unspecified atom stereocenters. The Morgan fingerprint density at radius 2 is 1.71 bits per heavy atom. The fraction of sp³-hybridized carbons (Fsp3) is 0.417. The molecule has 1 spiro atoms. The van der Waals surface area contributed by atoms with Crippen LogP contribution in [0.15, 0.2) is 54.6 Å². The maximum atomic E-state index is 13.8. The number of methoxy groups -OCH3 is 1. The second-order valence-corrected chi connectivity index (χ2v) is 8.55. The molecule has 31 heavy (non-hydrogen) atoms. The summed E-state index contributed by atoms with van der Waals surface area (Å²) in [6.07, 6.45) is 0.338. The van der Waals surface area contributed by atoms with Crippen molar-refractivity contribution in [1.29, 1.82) is 0 Å². The molecule has 2 heterocycles. The summed E-state index contributed by atoms with van der Waals surface area (Å²) in [5, 5.41) is 1.84. The van der Waals surface area contributed by atoms with Crippen LogP contribution in [0.3, 0.4) is 0 Å². The van der Waals surface area contributed by atoms with Gasteiger partial charge < -0.3 is 4.74 Å². The standard InChI is InChI=1S/C24H29N3O4/c1-16(2)26-23(29)25(19-11-7-6-8-12-19)22(28)24(26)15-21(27(31-24)17(3)4)18-10-9-13-20(14-18)30-5/h6-14,16-17,21H,15H2,1-5H3. The summed E-state index contributed by atoms with van der Waals surface area (Å²) in [6.45, 7) is 7.84. The minimum Gasteiger partial charge on any atom is -0.497 e. The number of carbonyl (C=O) groups is 2. The van der Waals surface area contributed by atoms with Crippen molar-refractivity contribution < 1.29 is 19.2 Å². The molecule has 2 aliphatic rings. The number of urea groups is 1. The van der Waals surface area contributed by atoms with Gasteiger partial charge in [-0.05, 0) is 57.5 Å². The van der Waals surface area contributed by atoms with E-state index in [1.54, 1.807) is 24.1 Å². The van der Waals surface area contributed by atoms with E-state index in [1.165, 1.54) is 4.90 Å². The molecule has 4 rings (SSSR count). The van der Waals surface area contributed by atoms with Gasteiger partial charge in [-0.1, -0.05) is 30.3 Å². The molecule has 3 amide bonds. The SMILES string of the molecule is COc1cccc(C2CC3(ON2C(C)C)C(=O)N(c2ccccc2)C(=O)N3C(C)C)c1. The van der Waals surface area contributed by atoms with Crippen molar-refractivity contribution in [2.75, 3.05) is 12.0 Å². The van der Waals surface area contributed by atoms with Gasteiger partial charge in [-0.3, -0.25) is 14.5 Å². The fourth-order valence-electron chi connectivity index (χ4n) is 4.54. The van der Waals surface area contributed by atoms with Gasteiger partial charge in [0.05, 0.1) is 18.8 Å². The number of anilines is 1. The predicted molar refractivity (Wildman–Crippen MR) is 117 cm³/mol. The Balaban J connectivity index is 1.80. The summed E-state index contributed by atoms with van der Waals surface area (Å²) in [4.78, 5) is 36.5. The molecule has 0 aliphatic carbocycles. The molecule has 2 aromatic rings. The molecule has 0 aromatic heterocycles. The molecule has 0 saturated carbocycles. The largest absolute Gasteiger partial charge is 0.497 e. The maximum absolute atomic E-state index is 13.8. The van der Waals surface area contributed by atoms with Crippen molar-refractivity contribution in [3.05, 3.63) is 60.2 Å². The van der Waals surface area contributed by atoms with Gasteiger partial charge in [0.15, 0.2) is 0 Å². The average molecular weight is 424 g/mol. The lowest BCUT2D eigenvalue weighted by molar-refractivity contribution is -0.248. The second-order valence-electron chi connectivity index (χ2n) is 8.55. The van der Waals surface area contributed by atoms with Crippen LogP contribution in [0.4, 0.5) is 10.5 Å². The Kier molecular flexibility index (Phi) is 5.49. The highest BCUT2D eigenvalue weighted by molar-refractivity contribution is 6.22. The van der Waals surface area contributed by atoms with Gasteiger partial charge in [-0.25, -0.2) is 9.69 Å². The van der Waals surface area contributed by atoms with Crippen LogP contribution in [0.1, 0.15) is 45.7 Å². The van der Waals surface area contributed by atoms with E-state index in [0.29, 0.717) is 12.1 Å². The quantitative estimate of drug-likeness (QED) is 0.669. The molecule has 2 saturated heterocycles. The Morgan fingerprint density at radius 1 is 1.00 bits per heavy atom. The Morgan fingerprint density at radius 3 is 2.32 bits per heavy atom. The smallest absolute Gasteiger partial charge is 0.334 e. The molecular formula is C24H29N3O4. The number of nitrogens with zero attached hydrogens (tertiary/aromatic N) is 3. The van der Waals surface area contributed by atoms with Crippen LogP contribution in [0, 0.1) is 0 Å². The van der Waals surface area contributed by atoms with Crippen LogP contribution >= 0.6 is 0 Å². The molecular weight excluding hydrogens is 394 g/mol. The monoisotopic (exact) mass is 423 g/mol. The summed E-state index contributed by atoms with van der Waals surface area (Å²) in [5.41, 5.74) is 0.135. The van der Waals surface area contributed by atoms with E-state index in [0.717, 1.165) is 11.3 Å². The van der Waals surface area contributed by atoms with Crippen molar-refractivity contribution in [2.45, 2.75) is 58.0 Å². The highest BCUT2D eigenvalue weighted by Crippen LogP contribution is 2.49. The minimum atomic E-state index is -1.39. The number of amides is 3. The van der Waals surface area contributed by atoms with Gasteiger partial charge in [-0.15, -0.1) is 0 Å². The van der Waals surface area contributed by atoms with Crippen molar-refractivity contribution >= 4 is 17.6 Å². The number of para-hydroxylation sites is 1. The fourth-order valence-corrected chi connectivity index (χ4v) is 4.54. The van der Waals surface area contributed by atoms with Gasteiger partial charge in [0.25, 0.3) is 5.91 Å². The molecule has 2 atom stereocenters. The van der Waals surface area contributed by atoms with Crippen LogP contribution in [-0.4, -0.2) is 46.8 Å². The van der Waals surface area contributed by atoms with Crippen LogP contribution < -0.4 is 9.64 Å². The van der Waals surface area contributed by atoms with Gasteiger partial charge >= 0.3 is 6.03 Å².